The summed E-state index contributed by atoms with van der Waals surface area (Å²) in [5.74, 6) is 0.448. The summed E-state index contributed by atoms with van der Waals surface area (Å²) in [5, 5.41) is 11.4. The first kappa shape index (κ1) is 30.7. The summed E-state index contributed by atoms with van der Waals surface area (Å²) < 4.78 is 7.86. The van der Waals surface area contributed by atoms with Gasteiger partial charge in [-0.15, -0.1) is 11.3 Å². The Kier molecular flexibility index (Phi) is 10.4. The molecule has 0 bridgehead atoms. The molecule has 11 heteroatoms. The highest BCUT2D eigenvalue weighted by Gasteiger charge is 2.11. The Morgan fingerprint density at radius 3 is 2.40 bits per heavy atom. The molecule has 5 aromatic rings. The Hall–Kier alpha value is -2.71. The molecule has 4 aromatic carbocycles. The molecule has 1 heterocycles. The Labute approximate surface area is 284 Å². The fourth-order valence-electron chi connectivity index (χ4n) is 3.83. The second-order valence-corrected chi connectivity index (χ2v) is 13.2. The highest BCUT2D eigenvalue weighted by atomic mass is 127. The number of ether oxygens (including phenoxy) is 1. The molecule has 5 rings (SSSR count). The number of nitrogens with one attached hydrogen (secondary N) is 2. The van der Waals surface area contributed by atoms with E-state index in [2.05, 4.69) is 85.1 Å². The summed E-state index contributed by atoms with van der Waals surface area (Å²) >= 11 is 18.2. The molecule has 0 aliphatic heterocycles. The largest absolute Gasteiger partial charge is 0.487 e. The predicted molar refractivity (Wildman–Crippen MR) is 190 cm³/mol. The maximum Gasteiger partial charge on any atom is 0.271 e. The fourth-order valence-corrected chi connectivity index (χ4v) is 7.16. The smallest absolute Gasteiger partial charge is 0.271 e. The van der Waals surface area contributed by atoms with E-state index in [1.54, 1.807) is 30.5 Å². The van der Waals surface area contributed by atoms with E-state index < -0.39 is 0 Å². The minimum absolute atomic E-state index is 0.304. The minimum atomic E-state index is -0.304. The Bertz CT molecular complexity index is 1740. The molecule has 0 saturated heterocycles. The van der Waals surface area contributed by atoms with Crippen molar-refractivity contribution in [3.8, 4) is 17.0 Å². The van der Waals surface area contributed by atoms with Crippen molar-refractivity contribution in [1.29, 1.82) is 0 Å². The molecular weight excluding hydrogens is 817 g/mol. The van der Waals surface area contributed by atoms with Crippen molar-refractivity contribution in [1.82, 2.24) is 10.4 Å². The average Bonchev–Trinajstić information content (AvgIpc) is 3.43. The zero-order valence-electron chi connectivity index (χ0n) is 22.0. The molecule has 0 saturated carbocycles. The van der Waals surface area contributed by atoms with Gasteiger partial charge < -0.3 is 10.1 Å². The van der Waals surface area contributed by atoms with Crippen molar-refractivity contribution in [3.05, 3.63) is 124 Å². The zero-order chi connectivity index (χ0) is 29.6. The second-order valence-electron chi connectivity index (χ2n) is 9.14. The molecule has 0 radical (unpaired) electrons. The van der Waals surface area contributed by atoms with Crippen LogP contribution in [0.4, 0.5) is 10.8 Å². The Morgan fingerprint density at radius 2 is 1.71 bits per heavy atom. The summed E-state index contributed by atoms with van der Waals surface area (Å²) in [6, 6.07) is 24.6. The second kappa shape index (κ2) is 14.2. The molecule has 6 nitrogen and oxygen atoms in total. The van der Waals surface area contributed by atoms with Gasteiger partial charge >= 0.3 is 0 Å². The lowest BCUT2D eigenvalue weighted by atomic mass is 10.1. The van der Waals surface area contributed by atoms with Gasteiger partial charge in [0.05, 0.1) is 19.0 Å². The molecule has 0 aliphatic rings. The van der Waals surface area contributed by atoms with Gasteiger partial charge in [-0.1, -0.05) is 59.1 Å². The molecule has 1 amide bonds. The van der Waals surface area contributed by atoms with E-state index in [1.165, 1.54) is 16.9 Å². The van der Waals surface area contributed by atoms with Crippen LogP contribution >= 0.6 is 79.7 Å². The summed E-state index contributed by atoms with van der Waals surface area (Å²) in [7, 11) is 0. The number of rotatable bonds is 9. The summed E-state index contributed by atoms with van der Waals surface area (Å²) in [5.41, 5.74) is 8.73. The van der Waals surface area contributed by atoms with Crippen LogP contribution in [-0.4, -0.2) is 17.1 Å². The van der Waals surface area contributed by atoms with Crippen molar-refractivity contribution in [3.63, 3.8) is 0 Å². The highest BCUT2D eigenvalue weighted by Crippen LogP contribution is 2.31. The zero-order valence-corrected chi connectivity index (χ0v) is 28.6. The first-order valence-corrected chi connectivity index (χ1v) is 16.3. The van der Waals surface area contributed by atoms with Crippen molar-refractivity contribution in [2.45, 2.75) is 13.5 Å². The van der Waals surface area contributed by atoms with Crippen molar-refractivity contribution >= 4 is 103 Å². The van der Waals surface area contributed by atoms with Gasteiger partial charge in [-0.3, -0.25) is 4.79 Å². The number of carbonyl (C=O) groups excluding carboxylic acids is 1. The number of hydrogen-bond acceptors (Lipinski definition) is 6. The lowest BCUT2D eigenvalue weighted by Gasteiger charge is -2.12. The molecule has 0 atom stereocenters. The van der Waals surface area contributed by atoms with Crippen molar-refractivity contribution in [2.24, 2.45) is 5.10 Å². The fraction of sp³-hybridized carbons (Fsp3) is 0.0645. The van der Waals surface area contributed by atoms with Crippen molar-refractivity contribution in [2.75, 3.05) is 5.32 Å². The number of aryl methyl sites for hydroxylation is 1. The van der Waals surface area contributed by atoms with Gasteiger partial charge in [0.25, 0.3) is 5.91 Å². The lowest BCUT2D eigenvalue weighted by molar-refractivity contribution is 0.0955. The molecular formula is C31H22Cl2I2N4O2S. The van der Waals surface area contributed by atoms with Crippen LogP contribution in [0.3, 0.4) is 0 Å². The van der Waals surface area contributed by atoms with Crippen LogP contribution < -0.4 is 15.5 Å². The van der Waals surface area contributed by atoms with E-state index in [0.29, 0.717) is 22.2 Å². The first-order chi connectivity index (χ1) is 20.2. The number of hydrogen-bond donors (Lipinski definition) is 2. The van der Waals surface area contributed by atoms with E-state index in [1.807, 2.05) is 47.8 Å². The topological polar surface area (TPSA) is 75.6 Å². The lowest BCUT2D eigenvalue weighted by Crippen LogP contribution is -2.17. The number of thiazole rings is 1. The van der Waals surface area contributed by atoms with Crippen LogP contribution in [0, 0.1) is 14.1 Å². The first-order valence-electron chi connectivity index (χ1n) is 12.5. The van der Waals surface area contributed by atoms with Gasteiger partial charge in [-0.05, 0) is 106 Å². The Balaban J connectivity index is 1.17. The third-order valence-corrected chi connectivity index (χ3v) is 8.98. The molecule has 0 aliphatic carbocycles. The van der Waals surface area contributed by atoms with Crippen LogP contribution in [0.1, 0.15) is 27.0 Å². The van der Waals surface area contributed by atoms with Gasteiger partial charge in [0.1, 0.15) is 12.4 Å². The molecule has 2 N–H and O–H groups in total. The molecule has 42 heavy (non-hydrogen) atoms. The predicted octanol–water partition coefficient (Wildman–Crippen LogP) is 9.72. The average molecular weight is 839 g/mol. The SMILES string of the molecule is Cc1ccc(Nc2nc(-c3ccc(C(=O)N/N=C\c4cc(I)c(OCc5ccc(Cl)cc5Cl)c(I)c4)cc3)cs2)cc1. The van der Waals surface area contributed by atoms with E-state index >= 15 is 0 Å². The number of aromatic nitrogens is 1. The summed E-state index contributed by atoms with van der Waals surface area (Å²) in [6.45, 7) is 2.37. The van der Waals surface area contributed by atoms with E-state index in [9.17, 15) is 4.79 Å². The van der Waals surface area contributed by atoms with Gasteiger partial charge in [-0.2, -0.15) is 5.10 Å². The maximum atomic E-state index is 12.7. The monoisotopic (exact) mass is 838 g/mol. The van der Waals surface area contributed by atoms with Crippen LogP contribution in [0.25, 0.3) is 11.3 Å². The normalized spacial score (nSPS) is 11.1. The highest BCUT2D eigenvalue weighted by molar-refractivity contribution is 14.1. The van der Waals surface area contributed by atoms with Crippen LogP contribution in [0.2, 0.25) is 10.0 Å². The van der Waals surface area contributed by atoms with Gasteiger partial charge in [0, 0.05) is 37.8 Å². The van der Waals surface area contributed by atoms with Gasteiger partial charge in [0.2, 0.25) is 0 Å². The Morgan fingerprint density at radius 1 is 1.00 bits per heavy atom. The maximum absolute atomic E-state index is 12.7. The molecule has 0 spiro atoms. The van der Waals surface area contributed by atoms with Gasteiger partial charge in [0.15, 0.2) is 5.13 Å². The molecule has 0 fully saturated rings. The van der Waals surface area contributed by atoms with E-state index in [4.69, 9.17) is 27.9 Å². The molecule has 212 valence electrons. The van der Waals surface area contributed by atoms with Crippen molar-refractivity contribution < 1.29 is 9.53 Å². The quantitative estimate of drug-likeness (QED) is 0.0882. The van der Waals surface area contributed by atoms with Crippen LogP contribution in [0.5, 0.6) is 5.75 Å². The number of anilines is 2. The summed E-state index contributed by atoms with van der Waals surface area (Å²) in [6.07, 6.45) is 1.61. The van der Waals surface area contributed by atoms with Crippen LogP contribution in [0.15, 0.2) is 89.3 Å². The number of nitrogens with zero attached hydrogens (tertiary/aromatic N) is 2. The van der Waals surface area contributed by atoms with E-state index in [0.717, 1.165) is 46.1 Å². The minimum Gasteiger partial charge on any atom is -0.487 e. The molecule has 1 aromatic heterocycles. The van der Waals surface area contributed by atoms with Gasteiger partial charge in [-0.25, -0.2) is 10.4 Å². The third kappa shape index (κ3) is 8.01. The number of halogens is 4. The number of amides is 1. The standard InChI is InChI=1S/C31H22Cl2I2N4O2S/c1-18-2-10-24(11-3-18)37-31-38-28(17-42-31)20-4-6-21(7-5-20)30(40)39-36-15-19-12-26(34)29(27(35)13-19)41-16-22-8-9-23(32)14-25(22)33/h2-15,17H,16H2,1H3,(H,37,38)(H,39,40)/b36-15-. The van der Waals surface area contributed by atoms with E-state index in [-0.39, 0.29) is 5.91 Å². The summed E-state index contributed by atoms with van der Waals surface area (Å²) in [4.78, 5) is 17.4. The molecule has 0 unspecified atom stereocenters. The number of benzene rings is 4. The number of carbonyl (C=O) groups is 1. The van der Waals surface area contributed by atoms with Crippen LogP contribution in [-0.2, 0) is 6.61 Å². The third-order valence-electron chi connectivity index (χ3n) is 6.04. The number of hydrazone groups is 1.